The molecule has 1 aliphatic rings. The Bertz CT molecular complexity index is 1430. The number of carbonyl (C=O) groups excluding carboxylic acids is 1. The van der Waals surface area contributed by atoms with Crippen LogP contribution in [0.25, 0.3) is 22.3 Å². The van der Waals surface area contributed by atoms with Crippen molar-refractivity contribution in [3.63, 3.8) is 0 Å². The number of likely N-dealkylation sites (N-methyl/N-ethyl adjacent to an activating group) is 1. The quantitative estimate of drug-likeness (QED) is 0.268. The van der Waals surface area contributed by atoms with Gasteiger partial charge in [0.2, 0.25) is 0 Å². The number of hydrogen-bond donors (Lipinski definition) is 4. The highest BCUT2D eigenvalue weighted by molar-refractivity contribution is 5.84. The topological polar surface area (TPSA) is 164 Å². The van der Waals surface area contributed by atoms with Crippen LogP contribution in [0.4, 0.5) is 11.8 Å². The van der Waals surface area contributed by atoms with Gasteiger partial charge >= 0.3 is 0 Å². The van der Waals surface area contributed by atoms with Crippen LogP contribution in [-0.4, -0.2) is 79.1 Å². The van der Waals surface area contributed by atoms with Gasteiger partial charge in [0, 0.05) is 26.7 Å². The number of fused-ring (bicyclic) bond motifs is 2. The molecule has 4 atom stereocenters. The molecule has 196 valence electrons. The highest BCUT2D eigenvalue weighted by atomic mass is 16.6. The van der Waals surface area contributed by atoms with Gasteiger partial charge in [0.15, 0.2) is 34.9 Å². The predicted molar refractivity (Wildman–Crippen MR) is 135 cm³/mol. The zero-order chi connectivity index (χ0) is 26.3. The van der Waals surface area contributed by atoms with Crippen LogP contribution < -0.4 is 15.5 Å². The minimum atomic E-state index is -1.39. The number of aryl methyl sites for hydroxylation is 1. The average molecular weight is 511 g/mol. The standard InChI is InChI=1S/C24H30N8O5/c1-5-31(6-2)24-30-14-8-13(7-12(3)18(14)37-24)9-26-20-15-21(28-10-27-20)32(11-29-15)23-17(34)16(33)19(36-23)22(35)25-4/h7-8,10-11,16-17,19,23,33-34H,5-6,9H2,1-4H3,(H,25,35)(H,26,27,28)/t16-,17+,19-,23+/m0/s1. The molecule has 0 bridgehead atoms. The van der Waals surface area contributed by atoms with Crippen LogP contribution in [0.5, 0.6) is 0 Å². The summed E-state index contributed by atoms with van der Waals surface area (Å²) in [5.41, 5.74) is 4.36. The summed E-state index contributed by atoms with van der Waals surface area (Å²) in [5.74, 6) is -0.0413. The fraction of sp³-hybridized carbons (Fsp3) is 0.458. The number of anilines is 2. The van der Waals surface area contributed by atoms with Crippen molar-refractivity contribution in [3.05, 3.63) is 35.9 Å². The van der Waals surface area contributed by atoms with Crippen molar-refractivity contribution < 1.29 is 24.2 Å². The van der Waals surface area contributed by atoms with Crippen LogP contribution in [0.3, 0.4) is 0 Å². The van der Waals surface area contributed by atoms with Crippen molar-refractivity contribution in [3.8, 4) is 0 Å². The van der Waals surface area contributed by atoms with Crippen molar-refractivity contribution >= 4 is 40.0 Å². The molecule has 4 aromatic rings. The lowest BCUT2D eigenvalue weighted by atomic mass is 10.1. The number of ether oxygens (including phenoxy) is 1. The Kier molecular flexibility index (Phi) is 6.67. The van der Waals surface area contributed by atoms with Gasteiger partial charge in [-0.15, -0.1) is 0 Å². The third-order valence-corrected chi connectivity index (χ3v) is 6.59. The van der Waals surface area contributed by atoms with Crippen molar-refractivity contribution in [2.24, 2.45) is 0 Å². The monoisotopic (exact) mass is 510 g/mol. The maximum absolute atomic E-state index is 12.0. The number of aliphatic hydroxyl groups is 2. The van der Waals surface area contributed by atoms with E-state index in [4.69, 9.17) is 9.15 Å². The van der Waals surface area contributed by atoms with Gasteiger partial charge in [-0.3, -0.25) is 9.36 Å². The molecule has 37 heavy (non-hydrogen) atoms. The highest BCUT2D eigenvalue weighted by Crippen LogP contribution is 2.32. The van der Waals surface area contributed by atoms with Gasteiger partial charge in [0.05, 0.1) is 6.33 Å². The van der Waals surface area contributed by atoms with E-state index in [0.29, 0.717) is 29.5 Å². The van der Waals surface area contributed by atoms with Gasteiger partial charge < -0.3 is 34.9 Å². The molecule has 0 saturated carbocycles. The molecule has 1 aliphatic heterocycles. The number of nitrogens with zero attached hydrogens (tertiary/aromatic N) is 6. The number of amides is 1. The van der Waals surface area contributed by atoms with E-state index in [1.807, 2.05) is 19.1 Å². The normalized spacial score (nSPS) is 21.6. The van der Waals surface area contributed by atoms with E-state index >= 15 is 0 Å². The molecule has 1 aromatic carbocycles. The van der Waals surface area contributed by atoms with E-state index in [1.165, 1.54) is 24.3 Å². The summed E-state index contributed by atoms with van der Waals surface area (Å²) >= 11 is 0. The largest absolute Gasteiger partial charge is 0.423 e. The molecule has 4 heterocycles. The fourth-order valence-electron chi connectivity index (χ4n) is 4.59. The maximum Gasteiger partial charge on any atom is 0.298 e. The fourth-order valence-corrected chi connectivity index (χ4v) is 4.59. The Morgan fingerprint density at radius 2 is 1.95 bits per heavy atom. The molecule has 5 rings (SSSR count). The summed E-state index contributed by atoms with van der Waals surface area (Å²) in [7, 11) is 1.43. The Morgan fingerprint density at radius 1 is 1.16 bits per heavy atom. The van der Waals surface area contributed by atoms with Crippen molar-refractivity contribution in [1.82, 2.24) is 29.8 Å². The highest BCUT2D eigenvalue weighted by Gasteiger charge is 2.47. The minimum absolute atomic E-state index is 0.387. The second kappa shape index (κ2) is 9.92. The second-order valence-corrected chi connectivity index (χ2v) is 8.87. The lowest BCUT2D eigenvalue weighted by molar-refractivity contribution is -0.137. The number of aromatic nitrogens is 5. The first-order chi connectivity index (χ1) is 17.9. The van der Waals surface area contributed by atoms with E-state index in [0.717, 1.165) is 35.3 Å². The van der Waals surface area contributed by atoms with Gasteiger partial charge in [-0.25, -0.2) is 15.0 Å². The molecule has 1 amide bonds. The number of nitrogens with one attached hydrogen (secondary N) is 2. The first-order valence-corrected chi connectivity index (χ1v) is 12.2. The number of benzene rings is 1. The molecule has 0 spiro atoms. The summed E-state index contributed by atoms with van der Waals surface area (Å²) < 4.78 is 13.1. The van der Waals surface area contributed by atoms with Crippen LogP contribution in [0, 0.1) is 6.92 Å². The SMILES string of the molecule is CCN(CC)c1nc2cc(CNc3ncnc4c3ncn4[C@@H]3O[C@H](C(=O)NC)[C@@H](O)[C@H]3O)cc(C)c2o1. The van der Waals surface area contributed by atoms with Crippen LogP contribution >= 0.6 is 0 Å². The summed E-state index contributed by atoms with van der Waals surface area (Å²) in [6.07, 6.45) is -2.17. The molecule has 0 unspecified atom stereocenters. The molecule has 13 nitrogen and oxygen atoms in total. The number of hydrogen-bond acceptors (Lipinski definition) is 11. The Labute approximate surface area is 212 Å². The Hall–Kier alpha value is -3.81. The Morgan fingerprint density at radius 3 is 2.68 bits per heavy atom. The van der Waals surface area contributed by atoms with Gasteiger partial charge in [-0.1, -0.05) is 6.07 Å². The molecule has 3 aromatic heterocycles. The Balaban J connectivity index is 1.38. The van der Waals surface area contributed by atoms with E-state index in [2.05, 4.69) is 49.3 Å². The van der Waals surface area contributed by atoms with Crippen molar-refractivity contribution in [2.45, 2.75) is 51.9 Å². The number of rotatable bonds is 8. The van der Waals surface area contributed by atoms with Gasteiger partial charge in [-0.2, -0.15) is 4.98 Å². The number of oxazole rings is 1. The molecule has 0 aliphatic carbocycles. The van der Waals surface area contributed by atoms with Gasteiger partial charge in [0.25, 0.3) is 11.9 Å². The third kappa shape index (κ3) is 4.34. The first-order valence-electron chi connectivity index (χ1n) is 12.2. The van der Waals surface area contributed by atoms with Crippen molar-refractivity contribution in [2.75, 3.05) is 30.4 Å². The molecule has 0 radical (unpaired) electrons. The summed E-state index contributed by atoms with van der Waals surface area (Å²) in [5, 5.41) is 26.5. The smallest absolute Gasteiger partial charge is 0.298 e. The average Bonchev–Trinajstić information content (AvgIpc) is 3.60. The summed E-state index contributed by atoms with van der Waals surface area (Å²) in [4.78, 5) is 31.8. The van der Waals surface area contributed by atoms with Gasteiger partial charge in [0.1, 0.15) is 24.1 Å². The molecule has 1 saturated heterocycles. The van der Waals surface area contributed by atoms with Crippen molar-refractivity contribution in [1.29, 1.82) is 0 Å². The molecule has 1 fully saturated rings. The second-order valence-electron chi connectivity index (χ2n) is 8.87. The molecular formula is C24H30N8O5. The zero-order valence-electron chi connectivity index (χ0n) is 21.0. The number of aliphatic hydroxyl groups excluding tert-OH is 2. The first kappa shape index (κ1) is 24.9. The number of imidazole rings is 1. The summed E-state index contributed by atoms with van der Waals surface area (Å²) in [6, 6.07) is 4.62. The van der Waals surface area contributed by atoms with Gasteiger partial charge in [-0.05, 0) is 38.0 Å². The maximum atomic E-state index is 12.0. The van der Waals surface area contributed by atoms with E-state index < -0.39 is 30.4 Å². The van der Waals surface area contributed by atoms with Crippen LogP contribution in [0.2, 0.25) is 0 Å². The van der Waals surface area contributed by atoms with E-state index in [9.17, 15) is 15.0 Å². The molecular weight excluding hydrogens is 480 g/mol. The van der Waals surface area contributed by atoms with Crippen LogP contribution in [0.15, 0.2) is 29.2 Å². The zero-order valence-corrected chi connectivity index (χ0v) is 21.0. The lowest BCUT2D eigenvalue weighted by Gasteiger charge is -2.16. The molecule has 4 N–H and O–H groups in total. The predicted octanol–water partition coefficient (Wildman–Crippen LogP) is 1.10. The summed E-state index contributed by atoms with van der Waals surface area (Å²) in [6.45, 7) is 8.17. The van der Waals surface area contributed by atoms with E-state index in [-0.39, 0.29) is 0 Å². The minimum Gasteiger partial charge on any atom is -0.423 e. The number of carbonyl (C=O) groups is 1. The van der Waals surface area contributed by atoms with Crippen LogP contribution in [-0.2, 0) is 16.1 Å². The van der Waals surface area contributed by atoms with Crippen LogP contribution in [0.1, 0.15) is 31.2 Å². The third-order valence-electron chi connectivity index (χ3n) is 6.59. The molecule has 13 heteroatoms. The lowest BCUT2D eigenvalue weighted by Crippen LogP contribution is -2.41. The van der Waals surface area contributed by atoms with E-state index in [1.54, 1.807) is 0 Å².